The average Bonchev–Trinajstić information content (AvgIpc) is 2.70. The van der Waals surface area contributed by atoms with Crippen LogP contribution in [0.15, 0.2) is 12.1 Å². The smallest absolute Gasteiger partial charge is 0.124 e. The highest BCUT2D eigenvalue weighted by molar-refractivity contribution is 9.09. The van der Waals surface area contributed by atoms with Crippen LogP contribution in [0.25, 0.3) is 0 Å². The Labute approximate surface area is 186 Å². The summed E-state index contributed by atoms with van der Waals surface area (Å²) < 4.78 is 11.9. The Morgan fingerprint density at radius 2 is 1.04 bits per heavy atom. The molecule has 0 amide bonds. The first-order valence-electron chi connectivity index (χ1n) is 10.0. The Hall–Kier alpha value is -1.24. The molecule has 0 atom stereocenters. The highest BCUT2D eigenvalue weighted by atomic mass is 79.9. The second-order valence-corrected chi connectivity index (χ2v) is 8.23. The maximum Gasteiger partial charge on any atom is 0.124 e. The molecule has 1 rings (SSSR count). The van der Waals surface area contributed by atoms with Gasteiger partial charge >= 0.3 is 0 Å². The molecule has 0 aromatic heterocycles. The predicted octanol–water partition coefficient (Wildman–Crippen LogP) is 6.49. The van der Waals surface area contributed by atoms with Crippen molar-refractivity contribution in [2.45, 2.75) is 64.2 Å². The van der Waals surface area contributed by atoms with Gasteiger partial charge in [0.05, 0.1) is 38.2 Å². The summed E-state index contributed by atoms with van der Waals surface area (Å²) in [4.78, 5) is 0. The molecule has 0 aliphatic heterocycles. The molecule has 0 bridgehead atoms. The van der Waals surface area contributed by atoms with Gasteiger partial charge in [-0.25, -0.2) is 0 Å². The van der Waals surface area contributed by atoms with E-state index in [9.17, 15) is 0 Å². The summed E-state index contributed by atoms with van der Waals surface area (Å²) in [6, 6.07) is 8.17. The van der Waals surface area contributed by atoms with Crippen LogP contribution in [-0.2, 0) is 12.8 Å². The summed E-state index contributed by atoms with van der Waals surface area (Å²) in [6.07, 6.45) is 9.48. The van der Waals surface area contributed by atoms with Crippen LogP contribution in [0, 0.1) is 22.7 Å². The van der Waals surface area contributed by atoms with Gasteiger partial charge in [0, 0.05) is 21.8 Å². The fourth-order valence-electron chi connectivity index (χ4n) is 2.82. The van der Waals surface area contributed by atoms with Crippen molar-refractivity contribution in [3.63, 3.8) is 0 Å². The Morgan fingerprint density at radius 1 is 0.643 bits per heavy atom. The van der Waals surface area contributed by atoms with Crippen LogP contribution < -0.4 is 9.47 Å². The Bertz CT molecular complexity index is 583. The van der Waals surface area contributed by atoms with E-state index in [1.165, 1.54) is 25.7 Å². The molecule has 0 fully saturated rings. The number of alkyl halides is 2. The van der Waals surface area contributed by atoms with E-state index >= 15 is 0 Å². The number of nitrogens with zero attached hydrogens (tertiary/aromatic N) is 2. The van der Waals surface area contributed by atoms with Gasteiger partial charge in [-0.2, -0.15) is 10.5 Å². The molecular formula is C22H30Br2N2O2. The topological polar surface area (TPSA) is 66.0 Å². The van der Waals surface area contributed by atoms with Crippen molar-refractivity contribution in [1.29, 1.82) is 10.5 Å². The van der Waals surface area contributed by atoms with Gasteiger partial charge in [-0.1, -0.05) is 57.5 Å². The van der Waals surface area contributed by atoms with Gasteiger partial charge in [0.1, 0.15) is 11.5 Å². The number of halogens is 2. The summed E-state index contributed by atoms with van der Waals surface area (Å²) in [5.41, 5.74) is 1.66. The zero-order valence-electron chi connectivity index (χ0n) is 16.5. The van der Waals surface area contributed by atoms with Crippen molar-refractivity contribution in [2.75, 3.05) is 23.9 Å². The third kappa shape index (κ3) is 10.3. The molecule has 0 saturated heterocycles. The van der Waals surface area contributed by atoms with Crippen LogP contribution in [0.3, 0.4) is 0 Å². The minimum atomic E-state index is 0.271. The summed E-state index contributed by atoms with van der Waals surface area (Å²) >= 11 is 6.89. The first-order chi connectivity index (χ1) is 13.8. The predicted molar refractivity (Wildman–Crippen MR) is 121 cm³/mol. The van der Waals surface area contributed by atoms with E-state index in [0.29, 0.717) is 24.7 Å². The van der Waals surface area contributed by atoms with Crippen LogP contribution in [0.1, 0.15) is 62.5 Å². The van der Waals surface area contributed by atoms with E-state index in [0.717, 1.165) is 47.5 Å². The van der Waals surface area contributed by atoms with Crippen molar-refractivity contribution in [3.8, 4) is 23.6 Å². The molecule has 0 saturated carbocycles. The van der Waals surface area contributed by atoms with E-state index in [-0.39, 0.29) is 12.8 Å². The van der Waals surface area contributed by atoms with Gasteiger partial charge in [-0.15, -0.1) is 0 Å². The lowest BCUT2D eigenvalue weighted by atomic mass is 10.0. The standard InChI is InChI=1S/C22H30Br2N2O2/c23-11-5-1-3-7-15-27-21-17-20(10-14-26)22(18-19(21)9-13-25)28-16-8-4-2-6-12-24/h17-18H,1-12,15-16H2. The van der Waals surface area contributed by atoms with Gasteiger partial charge in [0.2, 0.25) is 0 Å². The second kappa shape index (κ2) is 16.7. The fourth-order valence-corrected chi connectivity index (χ4v) is 3.62. The molecule has 0 heterocycles. The van der Waals surface area contributed by atoms with E-state index < -0.39 is 0 Å². The molecule has 0 unspecified atom stereocenters. The molecule has 154 valence electrons. The molecule has 28 heavy (non-hydrogen) atoms. The lowest BCUT2D eigenvalue weighted by Crippen LogP contribution is -2.05. The Morgan fingerprint density at radius 3 is 1.39 bits per heavy atom. The number of rotatable bonds is 16. The quantitative estimate of drug-likeness (QED) is 0.187. The summed E-state index contributed by atoms with van der Waals surface area (Å²) in [7, 11) is 0. The first kappa shape index (κ1) is 24.8. The maximum absolute atomic E-state index is 9.17. The van der Waals surface area contributed by atoms with E-state index in [1.54, 1.807) is 0 Å². The maximum atomic E-state index is 9.17. The van der Waals surface area contributed by atoms with Crippen LogP contribution in [0.5, 0.6) is 11.5 Å². The lowest BCUT2D eigenvalue weighted by Gasteiger charge is -2.16. The van der Waals surface area contributed by atoms with Crippen molar-refractivity contribution in [3.05, 3.63) is 23.3 Å². The van der Waals surface area contributed by atoms with Gasteiger partial charge in [-0.3, -0.25) is 0 Å². The van der Waals surface area contributed by atoms with Crippen molar-refractivity contribution in [2.24, 2.45) is 0 Å². The fraction of sp³-hybridized carbons (Fsp3) is 0.636. The van der Waals surface area contributed by atoms with Gasteiger partial charge in [0.15, 0.2) is 0 Å². The number of benzene rings is 1. The molecule has 0 radical (unpaired) electrons. The van der Waals surface area contributed by atoms with Crippen LogP contribution in [0.4, 0.5) is 0 Å². The molecule has 0 aliphatic carbocycles. The van der Waals surface area contributed by atoms with Crippen LogP contribution in [0.2, 0.25) is 0 Å². The third-order valence-electron chi connectivity index (χ3n) is 4.35. The number of hydrogen-bond acceptors (Lipinski definition) is 4. The van der Waals surface area contributed by atoms with Crippen LogP contribution >= 0.6 is 31.9 Å². The molecular weight excluding hydrogens is 484 g/mol. The summed E-state index contributed by atoms with van der Waals surface area (Å²) in [6.45, 7) is 1.25. The molecule has 1 aromatic rings. The minimum absolute atomic E-state index is 0.271. The van der Waals surface area contributed by atoms with E-state index in [4.69, 9.17) is 20.0 Å². The summed E-state index contributed by atoms with van der Waals surface area (Å²) in [5, 5.41) is 20.4. The zero-order valence-corrected chi connectivity index (χ0v) is 19.7. The highest BCUT2D eigenvalue weighted by Gasteiger charge is 2.12. The van der Waals surface area contributed by atoms with Gasteiger partial charge in [0.25, 0.3) is 0 Å². The molecule has 6 heteroatoms. The minimum Gasteiger partial charge on any atom is -0.493 e. The van der Waals surface area contributed by atoms with E-state index in [1.807, 2.05) is 12.1 Å². The zero-order chi connectivity index (χ0) is 20.5. The number of hydrogen-bond donors (Lipinski definition) is 0. The second-order valence-electron chi connectivity index (χ2n) is 6.64. The van der Waals surface area contributed by atoms with Crippen molar-refractivity contribution >= 4 is 31.9 Å². The average molecular weight is 514 g/mol. The molecule has 0 N–H and O–H groups in total. The first-order valence-corrected chi connectivity index (χ1v) is 12.3. The number of unbranched alkanes of at least 4 members (excludes halogenated alkanes) is 6. The highest BCUT2D eigenvalue weighted by Crippen LogP contribution is 2.30. The Balaban J connectivity index is 2.71. The normalized spacial score (nSPS) is 10.3. The molecule has 4 nitrogen and oxygen atoms in total. The van der Waals surface area contributed by atoms with Crippen LogP contribution in [-0.4, -0.2) is 23.9 Å². The Kier molecular flexibility index (Phi) is 14.8. The van der Waals surface area contributed by atoms with Crippen molar-refractivity contribution in [1.82, 2.24) is 0 Å². The van der Waals surface area contributed by atoms with Gasteiger partial charge < -0.3 is 9.47 Å². The monoisotopic (exact) mass is 512 g/mol. The number of ether oxygens (including phenoxy) is 2. The lowest BCUT2D eigenvalue weighted by molar-refractivity contribution is 0.293. The molecule has 1 aromatic carbocycles. The largest absolute Gasteiger partial charge is 0.493 e. The SMILES string of the molecule is N#CCc1cc(OCCCCCCBr)c(CC#N)cc1OCCCCCCBr. The molecule has 0 aliphatic rings. The van der Waals surface area contributed by atoms with E-state index in [2.05, 4.69) is 44.0 Å². The summed E-state index contributed by atoms with van der Waals surface area (Å²) in [5.74, 6) is 1.41. The third-order valence-corrected chi connectivity index (χ3v) is 5.48. The number of nitriles is 2. The van der Waals surface area contributed by atoms with Crippen molar-refractivity contribution < 1.29 is 9.47 Å². The molecule has 0 spiro atoms. The van der Waals surface area contributed by atoms with Gasteiger partial charge in [-0.05, 0) is 37.8 Å².